The zero-order chi connectivity index (χ0) is 19.3. The average molecular weight is 381 g/mol. The van der Waals surface area contributed by atoms with E-state index in [1.807, 2.05) is 9.80 Å². The predicted octanol–water partition coefficient (Wildman–Crippen LogP) is 1.53. The fraction of sp³-hybridized carbons (Fsp3) is 0.389. The molecule has 4 rings (SSSR count). The largest absolute Gasteiger partial charge is 0.459 e. The Balaban J connectivity index is 1.32. The fourth-order valence-corrected chi connectivity index (χ4v) is 3.16. The van der Waals surface area contributed by atoms with Crippen LogP contribution in [0.4, 0.5) is 5.88 Å². The summed E-state index contributed by atoms with van der Waals surface area (Å²) in [5.41, 5.74) is 0.221. The van der Waals surface area contributed by atoms with Gasteiger partial charge in [0.15, 0.2) is 5.76 Å². The van der Waals surface area contributed by atoms with E-state index in [1.54, 1.807) is 23.1 Å². The lowest BCUT2D eigenvalue weighted by Gasteiger charge is -2.34. The first kappa shape index (κ1) is 17.8. The van der Waals surface area contributed by atoms with Crippen molar-refractivity contribution < 1.29 is 13.6 Å². The van der Waals surface area contributed by atoms with E-state index < -0.39 is 0 Å². The lowest BCUT2D eigenvalue weighted by atomic mass is 10.2. The lowest BCUT2D eigenvalue weighted by molar-refractivity contribution is -0.131. The van der Waals surface area contributed by atoms with Gasteiger partial charge in [0.05, 0.1) is 6.26 Å². The summed E-state index contributed by atoms with van der Waals surface area (Å²) in [4.78, 5) is 24.3. The number of furan rings is 1. The monoisotopic (exact) mass is 381 g/mol. The Morgan fingerprint density at radius 3 is 2.82 bits per heavy atom. The second-order valence-corrected chi connectivity index (χ2v) is 6.39. The highest BCUT2D eigenvalue weighted by atomic mass is 16.4. The van der Waals surface area contributed by atoms with Crippen LogP contribution in [0.25, 0.3) is 11.7 Å². The number of aryl methyl sites for hydroxylation is 1. The van der Waals surface area contributed by atoms with Crippen molar-refractivity contribution in [1.82, 2.24) is 24.6 Å². The van der Waals surface area contributed by atoms with Crippen molar-refractivity contribution in [3.05, 3.63) is 36.7 Å². The van der Waals surface area contributed by atoms with Crippen molar-refractivity contribution in [2.24, 2.45) is 0 Å². The average Bonchev–Trinajstić information content (AvgIpc) is 3.48. The van der Waals surface area contributed by atoms with Crippen molar-refractivity contribution in [1.29, 1.82) is 5.26 Å². The van der Waals surface area contributed by atoms with Gasteiger partial charge in [-0.05, 0) is 18.6 Å². The smallest absolute Gasteiger partial charge is 0.266 e. The number of anilines is 1. The molecule has 0 atom stereocenters. The molecule has 0 N–H and O–H groups in total. The van der Waals surface area contributed by atoms with Gasteiger partial charge in [0, 0.05) is 39.1 Å². The number of nitriles is 1. The Bertz CT molecular complexity index is 948. The molecule has 144 valence electrons. The minimum absolute atomic E-state index is 0.120. The third-order valence-corrected chi connectivity index (χ3v) is 4.61. The summed E-state index contributed by atoms with van der Waals surface area (Å²) in [5, 5.41) is 13.4. The Labute approximate surface area is 161 Å². The first-order valence-corrected chi connectivity index (χ1v) is 9.04. The number of rotatable bonds is 6. The summed E-state index contributed by atoms with van der Waals surface area (Å²) in [6.45, 7) is 2.98. The summed E-state index contributed by atoms with van der Waals surface area (Å²) in [5.74, 6) is 1.30. The molecule has 1 aliphatic rings. The van der Waals surface area contributed by atoms with Gasteiger partial charge >= 0.3 is 0 Å². The van der Waals surface area contributed by atoms with E-state index in [-0.39, 0.29) is 17.5 Å². The molecule has 10 heteroatoms. The van der Waals surface area contributed by atoms with E-state index in [2.05, 4.69) is 21.1 Å². The zero-order valence-corrected chi connectivity index (χ0v) is 15.2. The van der Waals surface area contributed by atoms with Crippen LogP contribution in [-0.2, 0) is 11.3 Å². The molecule has 1 aliphatic heterocycles. The Hall–Kier alpha value is -3.61. The summed E-state index contributed by atoms with van der Waals surface area (Å²) in [6.07, 6.45) is 5.84. The van der Waals surface area contributed by atoms with Crippen LogP contribution >= 0.6 is 0 Å². The number of hydrogen-bond acceptors (Lipinski definition) is 8. The summed E-state index contributed by atoms with van der Waals surface area (Å²) < 4.78 is 12.8. The van der Waals surface area contributed by atoms with Gasteiger partial charge < -0.3 is 18.6 Å². The zero-order valence-electron chi connectivity index (χ0n) is 15.2. The maximum absolute atomic E-state index is 12.4. The van der Waals surface area contributed by atoms with Gasteiger partial charge in [0.2, 0.25) is 17.5 Å². The van der Waals surface area contributed by atoms with Crippen LogP contribution in [0, 0.1) is 11.3 Å². The molecule has 3 aromatic rings. The molecule has 0 unspecified atom stereocenters. The van der Waals surface area contributed by atoms with Gasteiger partial charge in [-0.3, -0.25) is 9.48 Å². The number of piperazine rings is 1. The van der Waals surface area contributed by atoms with Crippen molar-refractivity contribution >= 4 is 11.8 Å². The molecule has 0 saturated carbocycles. The number of hydrogen-bond donors (Lipinski definition) is 0. The van der Waals surface area contributed by atoms with Crippen LogP contribution in [0.2, 0.25) is 0 Å². The number of carbonyl (C=O) groups is 1. The van der Waals surface area contributed by atoms with Gasteiger partial charge in [-0.25, -0.2) is 4.98 Å². The van der Waals surface area contributed by atoms with E-state index in [0.717, 1.165) is 6.42 Å². The van der Waals surface area contributed by atoms with Gasteiger partial charge in [0.25, 0.3) is 5.89 Å². The van der Waals surface area contributed by atoms with Crippen LogP contribution in [0.5, 0.6) is 0 Å². The second kappa shape index (κ2) is 7.96. The highest BCUT2D eigenvalue weighted by Gasteiger charge is 2.26. The van der Waals surface area contributed by atoms with Gasteiger partial charge in [-0.1, -0.05) is 0 Å². The van der Waals surface area contributed by atoms with Crippen LogP contribution < -0.4 is 4.90 Å². The molecule has 1 amide bonds. The summed E-state index contributed by atoms with van der Waals surface area (Å²) >= 11 is 0. The molecule has 1 saturated heterocycles. The molecule has 0 aliphatic carbocycles. The standard InChI is InChI=1S/C18H19N7O3/c19-11-14-18(28-17(22-14)15-3-2-10-27-15)24-8-6-23(7-9-24)16(26)4-1-5-25-13-20-12-21-25/h2-3,10,12-13H,1,4-9H2. The van der Waals surface area contributed by atoms with Gasteiger partial charge in [-0.2, -0.15) is 15.3 Å². The topological polar surface area (TPSA) is 117 Å². The Morgan fingerprint density at radius 2 is 2.14 bits per heavy atom. The molecule has 0 bridgehead atoms. The molecule has 3 aromatic heterocycles. The van der Waals surface area contributed by atoms with Crippen LogP contribution in [0.3, 0.4) is 0 Å². The molecule has 4 heterocycles. The van der Waals surface area contributed by atoms with Crippen LogP contribution in [-0.4, -0.2) is 56.7 Å². The van der Waals surface area contributed by atoms with E-state index >= 15 is 0 Å². The quantitative estimate of drug-likeness (QED) is 0.631. The van der Waals surface area contributed by atoms with Crippen molar-refractivity contribution in [2.45, 2.75) is 19.4 Å². The summed E-state index contributed by atoms with van der Waals surface area (Å²) in [7, 11) is 0. The lowest BCUT2D eigenvalue weighted by Crippen LogP contribution is -2.48. The number of oxazole rings is 1. The first-order valence-electron chi connectivity index (χ1n) is 9.04. The van der Waals surface area contributed by atoms with E-state index in [1.165, 1.54) is 12.6 Å². The maximum atomic E-state index is 12.4. The minimum Gasteiger partial charge on any atom is -0.459 e. The molecular formula is C18H19N7O3. The van der Waals surface area contributed by atoms with E-state index in [9.17, 15) is 10.1 Å². The normalized spacial score (nSPS) is 14.2. The van der Waals surface area contributed by atoms with E-state index in [4.69, 9.17) is 8.83 Å². The highest BCUT2D eigenvalue weighted by Crippen LogP contribution is 2.29. The predicted molar refractivity (Wildman–Crippen MR) is 97.0 cm³/mol. The number of aromatic nitrogens is 4. The number of amides is 1. The number of nitrogens with zero attached hydrogens (tertiary/aromatic N) is 7. The molecule has 28 heavy (non-hydrogen) atoms. The van der Waals surface area contributed by atoms with Gasteiger partial charge in [-0.15, -0.1) is 0 Å². The fourth-order valence-electron chi connectivity index (χ4n) is 3.16. The summed E-state index contributed by atoms with van der Waals surface area (Å²) in [6, 6.07) is 5.53. The third-order valence-electron chi connectivity index (χ3n) is 4.61. The maximum Gasteiger partial charge on any atom is 0.266 e. The van der Waals surface area contributed by atoms with Gasteiger partial charge in [0.1, 0.15) is 18.7 Å². The molecule has 0 aromatic carbocycles. The number of carbonyl (C=O) groups excluding carboxylic acids is 1. The molecule has 1 fully saturated rings. The van der Waals surface area contributed by atoms with Crippen molar-refractivity contribution in [3.63, 3.8) is 0 Å². The molecule has 10 nitrogen and oxygen atoms in total. The minimum atomic E-state index is 0.120. The third kappa shape index (κ3) is 3.73. The second-order valence-electron chi connectivity index (χ2n) is 6.39. The van der Waals surface area contributed by atoms with E-state index in [0.29, 0.717) is 50.8 Å². The first-order chi connectivity index (χ1) is 13.7. The SMILES string of the molecule is N#Cc1nc(-c2ccco2)oc1N1CCN(C(=O)CCCn2cncn2)CC1. The molecule has 0 radical (unpaired) electrons. The van der Waals surface area contributed by atoms with Crippen molar-refractivity contribution in [3.8, 4) is 17.7 Å². The highest BCUT2D eigenvalue weighted by molar-refractivity contribution is 5.76. The Morgan fingerprint density at radius 1 is 1.29 bits per heavy atom. The Kier molecular flexibility index (Phi) is 5.05. The van der Waals surface area contributed by atoms with Crippen LogP contribution in [0.1, 0.15) is 18.5 Å². The molecular weight excluding hydrogens is 362 g/mol. The molecule has 0 spiro atoms. The van der Waals surface area contributed by atoms with Crippen molar-refractivity contribution in [2.75, 3.05) is 31.1 Å². The van der Waals surface area contributed by atoms with Crippen LogP contribution in [0.15, 0.2) is 39.9 Å².